The molecule has 200 valence electrons. The van der Waals surface area contributed by atoms with Crippen LogP contribution in [-0.2, 0) is 4.79 Å². The standard InChI is InChI=1S/C30H40BrN3O3/c1-19(29(35)33-24-11-5-21(6-12-24)17-20-3-9-23(32)10-4-20)22-7-13-25(14-8-22)34-30(36)27-18-26(37-2)15-16-28(27)31/h7-8,13-16,18-21,23-24H,3-6,9-12,17,32H2,1-2H3,(H,33,35)(H,34,36). The van der Waals surface area contributed by atoms with Crippen molar-refractivity contribution in [1.82, 2.24) is 5.32 Å². The van der Waals surface area contributed by atoms with Crippen LogP contribution in [0.2, 0.25) is 0 Å². The van der Waals surface area contributed by atoms with Crippen molar-refractivity contribution in [3.05, 3.63) is 58.1 Å². The minimum atomic E-state index is -0.249. The molecule has 0 saturated heterocycles. The van der Waals surface area contributed by atoms with Crippen LogP contribution in [0.15, 0.2) is 46.9 Å². The van der Waals surface area contributed by atoms with Gasteiger partial charge < -0.3 is 21.1 Å². The number of ether oxygens (including phenoxy) is 1. The third-order valence-corrected chi connectivity index (χ3v) is 8.92. The van der Waals surface area contributed by atoms with Gasteiger partial charge >= 0.3 is 0 Å². The van der Waals surface area contributed by atoms with Gasteiger partial charge in [-0.3, -0.25) is 9.59 Å². The Balaban J connectivity index is 1.24. The molecule has 2 aromatic carbocycles. The molecule has 1 atom stereocenters. The van der Waals surface area contributed by atoms with E-state index in [1.165, 1.54) is 44.9 Å². The molecule has 6 nitrogen and oxygen atoms in total. The summed E-state index contributed by atoms with van der Waals surface area (Å²) in [6.07, 6.45) is 10.8. The minimum Gasteiger partial charge on any atom is -0.497 e. The van der Waals surface area contributed by atoms with Crippen LogP contribution in [0.1, 0.15) is 86.6 Å². The lowest BCUT2D eigenvalue weighted by atomic mass is 9.76. The van der Waals surface area contributed by atoms with Crippen LogP contribution in [0.5, 0.6) is 5.75 Å². The monoisotopic (exact) mass is 569 g/mol. The van der Waals surface area contributed by atoms with E-state index in [4.69, 9.17) is 10.5 Å². The molecule has 4 N–H and O–H groups in total. The first-order valence-corrected chi connectivity index (χ1v) is 14.4. The van der Waals surface area contributed by atoms with Crippen molar-refractivity contribution in [3.8, 4) is 5.75 Å². The Morgan fingerprint density at radius 2 is 1.59 bits per heavy atom. The highest BCUT2D eigenvalue weighted by Gasteiger charge is 2.27. The number of anilines is 1. The number of halogens is 1. The number of methoxy groups -OCH3 is 1. The lowest BCUT2D eigenvalue weighted by Gasteiger charge is -2.34. The Kier molecular flexibility index (Phi) is 9.65. The summed E-state index contributed by atoms with van der Waals surface area (Å²) in [5.74, 6) is 1.85. The summed E-state index contributed by atoms with van der Waals surface area (Å²) < 4.78 is 5.92. The average molecular weight is 571 g/mol. The van der Waals surface area contributed by atoms with Crippen molar-refractivity contribution in [1.29, 1.82) is 0 Å². The van der Waals surface area contributed by atoms with Crippen molar-refractivity contribution in [2.75, 3.05) is 12.4 Å². The quantitative estimate of drug-likeness (QED) is 0.343. The smallest absolute Gasteiger partial charge is 0.256 e. The molecule has 0 aliphatic heterocycles. The first-order chi connectivity index (χ1) is 17.8. The number of benzene rings is 2. The van der Waals surface area contributed by atoms with Crippen molar-refractivity contribution >= 4 is 33.4 Å². The molecule has 2 amide bonds. The summed E-state index contributed by atoms with van der Waals surface area (Å²) >= 11 is 3.42. The number of carbonyl (C=O) groups is 2. The molecule has 0 aromatic heterocycles. The van der Waals surface area contributed by atoms with Crippen LogP contribution in [0.25, 0.3) is 0 Å². The van der Waals surface area contributed by atoms with E-state index in [-0.39, 0.29) is 23.8 Å². The predicted molar refractivity (Wildman–Crippen MR) is 152 cm³/mol. The lowest BCUT2D eigenvalue weighted by molar-refractivity contribution is -0.123. The first kappa shape index (κ1) is 27.6. The molecule has 2 aliphatic rings. The van der Waals surface area contributed by atoms with E-state index in [2.05, 4.69) is 26.6 Å². The molecule has 0 radical (unpaired) electrons. The summed E-state index contributed by atoms with van der Waals surface area (Å²) in [4.78, 5) is 25.7. The topological polar surface area (TPSA) is 93.4 Å². The van der Waals surface area contributed by atoms with Gasteiger partial charge in [-0.2, -0.15) is 0 Å². The van der Waals surface area contributed by atoms with E-state index in [1.54, 1.807) is 25.3 Å². The van der Waals surface area contributed by atoms with Gasteiger partial charge in [0.15, 0.2) is 0 Å². The Morgan fingerprint density at radius 1 is 0.973 bits per heavy atom. The number of rotatable bonds is 8. The van der Waals surface area contributed by atoms with E-state index in [1.807, 2.05) is 31.2 Å². The van der Waals surface area contributed by atoms with Crippen LogP contribution < -0.4 is 21.1 Å². The fourth-order valence-electron chi connectivity index (χ4n) is 5.77. The Morgan fingerprint density at radius 3 is 2.22 bits per heavy atom. The van der Waals surface area contributed by atoms with Crippen LogP contribution in [0, 0.1) is 11.8 Å². The van der Waals surface area contributed by atoms with Gasteiger partial charge in [0.05, 0.1) is 18.6 Å². The van der Waals surface area contributed by atoms with Crippen molar-refractivity contribution in [2.45, 2.75) is 82.7 Å². The second-order valence-corrected chi connectivity index (χ2v) is 11.7. The fraction of sp³-hybridized carbons (Fsp3) is 0.533. The number of amides is 2. The fourth-order valence-corrected chi connectivity index (χ4v) is 6.20. The molecule has 1 unspecified atom stereocenters. The van der Waals surface area contributed by atoms with Gasteiger partial charge in [0, 0.05) is 22.2 Å². The second kappa shape index (κ2) is 12.9. The summed E-state index contributed by atoms with van der Waals surface area (Å²) in [5.41, 5.74) is 8.16. The molecule has 0 spiro atoms. The first-order valence-electron chi connectivity index (χ1n) is 13.6. The van der Waals surface area contributed by atoms with E-state index >= 15 is 0 Å². The maximum Gasteiger partial charge on any atom is 0.256 e. The highest BCUT2D eigenvalue weighted by atomic mass is 79.9. The minimum absolute atomic E-state index is 0.0711. The van der Waals surface area contributed by atoms with Crippen LogP contribution in [0.4, 0.5) is 5.69 Å². The summed E-state index contributed by atoms with van der Waals surface area (Å²) in [6.45, 7) is 1.94. The van der Waals surface area contributed by atoms with Crippen LogP contribution in [-0.4, -0.2) is 31.0 Å². The molecule has 2 saturated carbocycles. The molecule has 37 heavy (non-hydrogen) atoms. The van der Waals surface area contributed by atoms with Crippen LogP contribution >= 0.6 is 15.9 Å². The molecule has 0 heterocycles. The van der Waals surface area contributed by atoms with Crippen molar-refractivity contribution in [3.63, 3.8) is 0 Å². The molecule has 7 heteroatoms. The molecule has 4 rings (SSSR count). The summed E-state index contributed by atoms with van der Waals surface area (Å²) in [6, 6.07) is 13.5. The zero-order valence-electron chi connectivity index (χ0n) is 22.0. The van der Waals surface area contributed by atoms with Gasteiger partial charge in [-0.1, -0.05) is 12.1 Å². The molecular formula is C30H40BrN3O3. The van der Waals surface area contributed by atoms with Crippen LogP contribution in [0.3, 0.4) is 0 Å². The Labute approximate surface area is 229 Å². The van der Waals surface area contributed by atoms with Gasteiger partial charge in [-0.05, 0) is 128 Å². The summed E-state index contributed by atoms with van der Waals surface area (Å²) in [7, 11) is 1.57. The zero-order valence-corrected chi connectivity index (χ0v) is 23.6. The predicted octanol–water partition coefficient (Wildman–Crippen LogP) is 6.40. The van der Waals surface area contributed by atoms with Crippen molar-refractivity contribution in [2.24, 2.45) is 17.6 Å². The van der Waals surface area contributed by atoms with E-state index in [9.17, 15) is 9.59 Å². The Hall–Kier alpha value is -2.38. The largest absolute Gasteiger partial charge is 0.497 e. The number of hydrogen-bond donors (Lipinski definition) is 3. The maximum atomic E-state index is 13.0. The van der Waals surface area contributed by atoms with E-state index < -0.39 is 0 Å². The van der Waals surface area contributed by atoms with Gasteiger partial charge in [0.1, 0.15) is 5.75 Å². The zero-order chi connectivity index (χ0) is 26.4. The summed E-state index contributed by atoms with van der Waals surface area (Å²) in [5, 5.41) is 6.21. The third-order valence-electron chi connectivity index (χ3n) is 8.23. The van der Waals surface area contributed by atoms with Gasteiger partial charge in [0.2, 0.25) is 5.91 Å². The average Bonchev–Trinajstić information content (AvgIpc) is 2.91. The van der Waals surface area contributed by atoms with Crippen molar-refractivity contribution < 1.29 is 14.3 Å². The van der Waals surface area contributed by atoms with E-state index in [0.717, 1.165) is 30.2 Å². The van der Waals surface area contributed by atoms with E-state index in [0.29, 0.717) is 27.5 Å². The second-order valence-electron chi connectivity index (χ2n) is 10.9. The normalized spacial score (nSPS) is 24.6. The number of carbonyl (C=O) groups excluding carboxylic acids is 2. The molecule has 2 fully saturated rings. The third kappa shape index (κ3) is 7.57. The number of nitrogens with two attached hydrogens (primary N) is 1. The number of hydrogen-bond acceptors (Lipinski definition) is 4. The molecule has 2 aliphatic carbocycles. The highest BCUT2D eigenvalue weighted by molar-refractivity contribution is 9.10. The molecule has 2 aromatic rings. The lowest BCUT2D eigenvalue weighted by Crippen LogP contribution is -2.40. The van der Waals surface area contributed by atoms with Gasteiger partial charge in [0.25, 0.3) is 5.91 Å². The SMILES string of the molecule is COc1ccc(Br)c(C(=O)Nc2ccc(C(C)C(=O)NC3CCC(CC4CCC(N)CC4)CC3)cc2)c1. The Bertz CT molecular complexity index is 1060. The highest BCUT2D eigenvalue weighted by Crippen LogP contribution is 2.35. The molecule has 0 bridgehead atoms. The van der Waals surface area contributed by atoms with Gasteiger partial charge in [-0.15, -0.1) is 0 Å². The van der Waals surface area contributed by atoms with Gasteiger partial charge in [-0.25, -0.2) is 0 Å². The number of nitrogens with one attached hydrogen (secondary N) is 2. The molecular weight excluding hydrogens is 530 g/mol. The maximum absolute atomic E-state index is 13.0.